The van der Waals surface area contributed by atoms with Gasteiger partial charge in [-0.3, -0.25) is 9.59 Å². The lowest BCUT2D eigenvalue weighted by Gasteiger charge is -2.37. The molecule has 0 bridgehead atoms. The van der Waals surface area contributed by atoms with E-state index in [2.05, 4.69) is 16.0 Å². The molecule has 1 fully saturated rings. The van der Waals surface area contributed by atoms with Crippen molar-refractivity contribution in [1.82, 2.24) is 10.6 Å². The maximum atomic E-state index is 12.4. The number of thioether (sulfide) groups is 1. The summed E-state index contributed by atoms with van der Waals surface area (Å²) in [6.45, 7) is 7.00. The fraction of sp³-hybridized carbons (Fsp3) is 0.600. The van der Waals surface area contributed by atoms with Gasteiger partial charge in [-0.25, -0.2) is 0 Å². The Morgan fingerprint density at radius 2 is 1.93 bits per heavy atom. The third kappa shape index (κ3) is 7.16. The molecule has 0 aliphatic carbocycles. The lowest BCUT2D eigenvalue weighted by Crippen LogP contribution is -2.48. The second-order valence-corrected chi connectivity index (χ2v) is 8.60. The van der Waals surface area contributed by atoms with Crippen LogP contribution in [0.3, 0.4) is 0 Å². The predicted octanol–water partition coefficient (Wildman–Crippen LogP) is 2.19. The zero-order chi connectivity index (χ0) is 19.7. The van der Waals surface area contributed by atoms with Crippen LogP contribution in [0, 0.1) is 12.3 Å². The number of hydrogen-bond acceptors (Lipinski definition) is 5. The van der Waals surface area contributed by atoms with Crippen molar-refractivity contribution in [3.8, 4) is 0 Å². The highest BCUT2D eigenvalue weighted by Gasteiger charge is 2.33. The van der Waals surface area contributed by atoms with Crippen LogP contribution in [0.4, 0.5) is 5.69 Å². The van der Waals surface area contributed by atoms with Crippen LogP contribution in [0.5, 0.6) is 0 Å². The van der Waals surface area contributed by atoms with Gasteiger partial charge in [0, 0.05) is 24.8 Å². The summed E-state index contributed by atoms with van der Waals surface area (Å²) < 4.78 is 5.38. The molecule has 27 heavy (non-hydrogen) atoms. The Kier molecular flexibility index (Phi) is 8.60. The molecular formula is C20H31N3O3S. The average molecular weight is 394 g/mol. The molecule has 0 saturated carbocycles. The Hall–Kier alpha value is -1.57. The van der Waals surface area contributed by atoms with Crippen LogP contribution < -0.4 is 16.0 Å². The van der Waals surface area contributed by atoms with E-state index < -0.39 is 0 Å². The minimum atomic E-state index is -0.282. The summed E-state index contributed by atoms with van der Waals surface area (Å²) in [4.78, 5) is 24.5. The molecule has 2 amide bonds. The van der Waals surface area contributed by atoms with Crippen LogP contribution in [0.15, 0.2) is 24.3 Å². The van der Waals surface area contributed by atoms with Crippen molar-refractivity contribution in [3.63, 3.8) is 0 Å². The van der Waals surface area contributed by atoms with E-state index in [0.29, 0.717) is 13.2 Å². The first-order valence-electron chi connectivity index (χ1n) is 9.40. The molecule has 1 aromatic rings. The molecule has 150 valence electrons. The molecule has 0 aromatic heterocycles. The van der Waals surface area contributed by atoms with Gasteiger partial charge >= 0.3 is 0 Å². The van der Waals surface area contributed by atoms with Crippen molar-refractivity contribution < 1.29 is 14.3 Å². The largest absolute Gasteiger partial charge is 0.384 e. The topological polar surface area (TPSA) is 79.5 Å². The van der Waals surface area contributed by atoms with Gasteiger partial charge in [-0.2, -0.15) is 0 Å². The summed E-state index contributed by atoms with van der Waals surface area (Å²) >= 11 is 1.35. The number of carbonyl (C=O) groups excluding carboxylic acids is 2. The number of methoxy groups -OCH3 is 1. The second-order valence-electron chi connectivity index (χ2n) is 7.27. The van der Waals surface area contributed by atoms with E-state index in [-0.39, 0.29) is 28.2 Å². The monoisotopic (exact) mass is 393 g/mol. The lowest BCUT2D eigenvalue weighted by molar-refractivity contribution is -0.121. The molecule has 1 unspecified atom stereocenters. The summed E-state index contributed by atoms with van der Waals surface area (Å²) in [5.41, 5.74) is 1.92. The number of anilines is 1. The fourth-order valence-corrected chi connectivity index (χ4v) is 3.87. The van der Waals surface area contributed by atoms with E-state index in [1.54, 1.807) is 7.11 Å². The molecule has 1 heterocycles. The number of hydrogen-bond donors (Lipinski definition) is 3. The highest BCUT2D eigenvalue weighted by molar-refractivity contribution is 8.01. The van der Waals surface area contributed by atoms with E-state index in [1.165, 1.54) is 11.8 Å². The summed E-state index contributed by atoms with van der Waals surface area (Å²) in [5.74, 6) is 0.116. The summed E-state index contributed by atoms with van der Waals surface area (Å²) in [7, 11) is 1.71. The summed E-state index contributed by atoms with van der Waals surface area (Å²) in [5, 5.41) is 8.98. The van der Waals surface area contributed by atoms with E-state index in [4.69, 9.17) is 4.74 Å². The third-order valence-corrected chi connectivity index (χ3v) is 6.06. The first-order valence-corrected chi connectivity index (χ1v) is 10.4. The van der Waals surface area contributed by atoms with Crippen molar-refractivity contribution in [2.45, 2.75) is 31.9 Å². The van der Waals surface area contributed by atoms with Gasteiger partial charge in [0.05, 0.1) is 17.6 Å². The number of carbonyl (C=O) groups is 2. The van der Waals surface area contributed by atoms with Gasteiger partial charge in [-0.15, -0.1) is 11.8 Å². The molecule has 0 spiro atoms. The smallest absolute Gasteiger partial charge is 0.234 e. The molecule has 1 aromatic carbocycles. The highest BCUT2D eigenvalue weighted by atomic mass is 32.2. The Bertz CT molecular complexity index is 610. The number of piperidine rings is 1. The number of amides is 2. The Morgan fingerprint density at radius 3 is 2.56 bits per heavy atom. The Balaban J connectivity index is 1.74. The maximum absolute atomic E-state index is 12.4. The van der Waals surface area contributed by atoms with Gasteiger partial charge in [-0.05, 0) is 51.9 Å². The number of rotatable bonds is 9. The molecule has 7 heteroatoms. The SMILES string of the molecule is COCC1(CNC(=O)C(C)SCC(=O)Nc2ccc(C)cc2)CCNCC1. The molecule has 1 atom stereocenters. The van der Waals surface area contributed by atoms with Crippen LogP contribution in [0.2, 0.25) is 0 Å². The van der Waals surface area contributed by atoms with E-state index in [0.717, 1.165) is 37.2 Å². The fourth-order valence-electron chi connectivity index (χ4n) is 3.16. The lowest BCUT2D eigenvalue weighted by atomic mass is 9.79. The van der Waals surface area contributed by atoms with Gasteiger partial charge in [0.15, 0.2) is 0 Å². The first kappa shape index (κ1) is 21.7. The molecule has 1 aliphatic heterocycles. The van der Waals surface area contributed by atoms with Crippen molar-refractivity contribution in [3.05, 3.63) is 29.8 Å². The standard InChI is InChI=1S/C20H31N3O3S/c1-15-4-6-17(7-5-15)23-18(24)12-27-16(2)19(25)22-13-20(14-26-3)8-10-21-11-9-20/h4-7,16,21H,8-14H2,1-3H3,(H,22,25)(H,23,24). The minimum Gasteiger partial charge on any atom is -0.384 e. The number of benzene rings is 1. The molecular weight excluding hydrogens is 362 g/mol. The number of ether oxygens (including phenoxy) is 1. The van der Waals surface area contributed by atoms with Crippen molar-refractivity contribution in [2.24, 2.45) is 5.41 Å². The molecule has 1 aliphatic rings. The Labute approximate surface area is 166 Å². The van der Waals surface area contributed by atoms with Gasteiger partial charge < -0.3 is 20.7 Å². The average Bonchev–Trinajstić information content (AvgIpc) is 2.67. The van der Waals surface area contributed by atoms with Gasteiger partial charge in [-0.1, -0.05) is 17.7 Å². The van der Waals surface area contributed by atoms with Crippen LogP contribution in [-0.4, -0.2) is 56.2 Å². The molecule has 3 N–H and O–H groups in total. The van der Waals surface area contributed by atoms with Crippen LogP contribution in [-0.2, 0) is 14.3 Å². The third-order valence-electron chi connectivity index (χ3n) is 4.92. The van der Waals surface area contributed by atoms with E-state index in [1.807, 2.05) is 38.1 Å². The number of nitrogens with one attached hydrogen (secondary N) is 3. The normalized spacial score (nSPS) is 17.1. The maximum Gasteiger partial charge on any atom is 0.234 e. The quantitative estimate of drug-likeness (QED) is 0.599. The highest BCUT2D eigenvalue weighted by Crippen LogP contribution is 2.28. The van der Waals surface area contributed by atoms with Gasteiger partial charge in [0.1, 0.15) is 0 Å². The Morgan fingerprint density at radius 1 is 1.26 bits per heavy atom. The van der Waals surface area contributed by atoms with Crippen LogP contribution in [0.25, 0.3) is 0 Å². The van der Waals surface area contributed by atoms with Gasteiger partial charge in [0.2, 0.25) is 11.8 Å². The number of aryl methyl sites for hydroxylation is 1. The van der Waals surface area contributed by atoms with Crippen LogP contribution in [0.1, 0.15) is 25.3 Å². The molecule has 0 radical (unpaired) electrons. The first-order chi connectivity index (χ1) is 12.9. The summed E-state index contributed by atoms with van der Waals surface area (Å²) in [6.07, 6.45) is 1.98. The van der Waals surface area contributed by atoms with Gasteiger partial charge in [0.25, 0.3) is 0 Å². The summed E-state index contributed by atoms with van der Waals surface area (Å²) in [6, 6.07) is 7.66. The second kappa shape index (κ2) is 10.7. The molecule has 6 nitrogen and oxygen atoms in total. The molecule has 1 saturated heterocycles. The van der Waals surface area contributed by atoms with Crippen LogP contribution >= 0.6 is 11.8 Å². The van der Waals surface area contributed by atoms with E-state index >= 15 is 0 Å². The zero-order valence-corrected chi connectivity index (χ0v) is 17.3. The van der Waals surface area contributed by atoms with Crippen molar-refractivity contribution in [1.29, 1.82) is 0 Å². The van der Waals surface area contributed by atoms with E-state index in [9.17, 15) is 9.59 Å². The molecule has 2 rings (SSSR count). The zero-order valence-electron chi connectivity index (χ0n) is 16.5. The van der Waals surface area contributed by atoms with Crippen molar-refractivity contribution >= 4 is 29.3 Å². The minimum absolute atomic E-state index is 0.00284. The predicted molar refractivity (Wildman–Crippen MR) is 111 cm³/mol. The van der Waals surface area contributed by atoms with Crippen molar-refractivity contribution in [2.75, 3.05) is 44.4 Å².